The SMILES string of the molecule is O=C(O)[C@@H]1CN(c2ccc(C(F)(F)F)nn2)C[C@H]1C(F)(F)F. The summed E-state index contributed by atoms with van der Waals surface area (Å²) in [5.41, 5.74) is -1.28. The number of halogens is 6. The zero-order chi connectivity index (χ0) is 16.7. The van der Waals surface area contributed by atoms with E-state index in [2.05, 4.69) is 10.2 Å². The van der Waals surface area contributed by atoms with Crippen LogP contribution in [-0.2, 0) is 11.0 Å². The Morgan fingerprint density at radius 1 is 1.14 bits per heavy atom. The van der Waals surface area contributed by atoms with Gasteiger partial charge in [-0.15, -0.1) is 10.2 Å². The Morgan fingerprint density at radius 3 is 2.14 bits per heavy atom. The molecule has 1 aliphatic rings. The van der Waals surface area contributed by atoms with Gasteiger partial charge in [-0.25, -0.2) is 0 Å². The normalized spacial score (nSPS) is 22.9. The number of aromatic nitrogens is 2. The number of hydrogen-bond acceptors (Lipinski definition) is 4. The average molecular weight is 329 g/mol. The molecule has 1 aromatic heterocycles. The summed E-state index contributed by atoms with van der Waals surface area (Å²) in [6.45, 7) is -1.19. The van der Waals surface area contributed by atoms with Gasteiger partial charge in [0.05, 0.1) is 11.8 Å². The molecule has 0 spiro atoms. The Hall–Kier alpha value is -2.07. The van der Waals surface area contributed by atoms with Crippen molar-refractivity contribution in [1.29, 1.82) is 0 Å². The molecule has 1 saturated heterocycles. The maximum atomic E-state index is 12.8. The first-order valence-electron chi connectivity index (χ1n) is 5.95. The van der Waals surface area contributed by atoms with E-state index in [1.54, 1.807) is 0 Å². The zero-order valence-electron chi connectivity index (χ0n) is 10.7. The van der Waals surface area contributed by atoms with E-state index < -0.39 is 48.9 Å². The lowest BCUT2D eigenvalue weighted by molar-refractivity contribution is -0.187. The van der Waals surface area contributed by atoms with Crippen molar-refractivity contribution < 1.29 is 36.2 Å². The van der Waals surface area contributed by atoms with Crippen LogP contribution in [0.15, 0.2) is 12.1 Å². The average Bonchev–Trinajstić information content (AvgIpc) is 2.83. The van der Waals surface area contributed by atoms with Crippen LogP contribution in [-0.4, -0.2) is 40.5 Å². The van der Waals surface area contributed by atoms with E-state index in [4.69, 9.17) is 5.11 Å². The second kappa shape index (κ2) is 5.29. The van der Waals surface area contributed by atoms with Crippen LogP contribution in [0.3, 0.4) is 0 Å². The third kappa shape index (κ3) is 3.22. The van der Waals surface area contributed by atoms with Crippen LogP contribution in [0, 0.1) is 11.8 Å². The van der Waals surface area contributed by atoms with Crippen molar-refractivity contribution in [2.75, 3.05) is 18.0 Å². The number of carbonyl (C=O) groups is 1. The highest BCUT2D eigenvalue weighted by atomic mass is 19.4. The van der Waals surface area contributed by atoms with Crippen molar-refractivity contribution >= 4 is 11.8 Å². The zero-order valence-corrected chi connectivity index (χ0v) is 10.7. The van der Waals surface area contributed by atoms with Crippen LogP contribution < -0.4 is 4.90 Å². The molecule has 0 radical (unpaired) electrons. The van der Waals surface area contributed by atoms with Gasteiger partial charge in [0, 0.05) is 13.1 Å². The molecule has 2 rings (SSSR count). The van der Waals surface area contributed by atoms with Gasteiger partial charge >= 0.3 is 18.3 Å². The molecule has 5 nitrogen and oxygen atoms in total. The predicted molar refractivity (Wildman–Crippen MR) is 59.9 cm³/mol. The fourth-order valence-electron chi connectivity index (χ4n) is 2.22. The van der Waals surface area contributed by atoms with Crippen molar-refractivity contribution in [3.05, 3.63) is 17.8 Å². The highest BCUT2D eigenvalue weighted by Gasteiger charge is 2.53. The Morgan fingerprint density at radius 2 is 1.77 bits per heavy atom. The van der Waals surface area contributed by atoms with E-state index in [1.165, 1.54) is 0 Å². The second-order valence-electron chi connectivity index (χ2n) is 4.77. The Balaban J connectivity index is 2.22. The predicted octanol–water partition coefficient (Wildman–Crippen LogP) is 2.19. The Labute approximate surface area is 119 Å². The monoisotopic (exact) mass is 329 g/mol. The van der Waals surface area contributed by atoms with Gasteiger partial charge in [-0.1, -0.05) is 0 Å². The molecule has 2 heterocycles. The van der Waals surface area contributed by atoms with Crippen molar-refractivity contribution in [2.24, 2.45) is 11.8 Å². The molecule has 1 aliphatic heterocycles. The molecular weight excluding hydrogens is 320 g/mol. The van der Waals surface area contributed by atoms with E-state index in [9.17, 15) is 31.1 Å². The van der Waals surface area contributed by atoms with Gasteiger partial charge in [-0.05, 0) is 12.1 Å². The molecule has 22 heavy (non-hydrogen) atoms. The van der Waals surface area contributed by atoms with Gasteiger partial charge in [0.15, 0.2) is 11.5 Å². The summed E-state index contributed by atoms with van der Waals surface area (Å²) < 4.78 is 75.4. The molecule has 0 saturated carbocycles. The van der Waals surface area contributed by atoms with Crippen LogP contribution in [0.2, 0.25) is 0 Å². The van der Waals surface area contributed by atoms with Crippen molar-refractivity contribution in [3.8, 4) is 0 Å². The van der Waals surface area contributed by atoms with Gasteiger partial charge in [0.25, 0.3) is 0 Å². The number of rotatable bonds is 2. The summed E-state index contributed by atoms with van der Waals surface area (Å²) in [4.78, 5) is 11.9. The van der Waals surface area contributed by atoms with E-state index in [0.29, 0.717) is 6.07 Å². The Bertz CT molecular complexity index is 556. The third-order valence-corrected chi connectivity index (χ3v) is 3.32. The number of aliphatic carboxylic acids is 1. The van der Waals surface area contributed by atoms with E-state index in [-0.39, 0.29) is 5.82 Å². The Kier molecular flexibility index (Phi) is 3.92. The fourth-order valence-corrected chi connectivity index (χ4v) is 2.22. The van der Waals surface area contributed by atoms with E-state index >= 15 is 0 Å². The second-order valence-corrected chi connectivity index (χ2v) is 4.77. The number of alkyl halides is 6. The van der Waals surface area contributed by atoms with Crippen molar-refractivity contribution in [2.45, 2.75) is 12.4 Å². The molecule has 1 N–H and O–H groups in total. The highest BCUT2D eigenvalue weighted by Crippen LogP contribution is 2.39. The first-order valence-corrected chi connectivity index (χ1v) is 5.95. The fraction of sp³-hybridized carbons (Fsp3) is 0.545. The summed E-state index contributed by atoms with van der Waals surface area (Å²) in [7, 11) is 0. The number of carboxylic acid groups (broad SMARTS) is 1. The van der Waals surface area contributed by atoms with Crippen LogP contribution >= 0.6 is 0 Å². The minimum Gasteiger partial charge on any atom is -0.481 e. The molecule has 0 bridgehead atoms. The summed E-state index contributed by atoms with van der Waals surface area (Å²) in [5, 5.41) is 15.0. The molecule has 2 atom stereocenters. The van der Waals surface area contributed by atoms with E-state index in [1.807, 2.05) is 0 Å². The molecule has 122 valence electrons. The maximum Gasteiger partial charge on any atom is 0.435 e. The third-order valence-electron chi connectivity index (χ3n) is 3.32. The summed E-state index contributed by atoms with van der Waals surface area (Å²) in [6.07, 6.45) is -9.44. The molecule has 1 aromatic rings. The first kappa shape index (κ1) is 16.3. The lowest BCUT2D eigenvalue weighted by atomic mass is 9.96. The quantitative estimate of drug-likeness (QED) is 0.843. The van der Waals surface area contributed by atoms with Gasteiger partial charge < -0.3 is 10.0 Å². The largest absolute Gasteiger partial charge is 0.481 e. The smallest absolute Gasteiger partial charge is 0.435 e. The summed E-state index contributed by atoms with van der Waals surface area (Å²) in [6, 6.07) is 1.45. The van der Waals surface area contributed by atoms with Gasteiger partial charge in [-0.2, -0.15) is 26.3 Å². The van der Waals surface area contributed by atoms with Gasteiger partial charge in [0.1, 0.15) is 0 Å². The molecule has 0 aromatic carbocycles. The minimum absolute atomic E-state index is 0.231. The van der Waals surface area contributed by atoms with Crippen LogP contribution in [0.25, 0.3) is 0 Å². The molecular formula is C11H9F6N3O2. The minimum atomic E-state index is -4.73. The summed E-state index contributed by atoms with van der Waals surface area (Å²) >= 11 is 0. The molecule has 11 heteroatoms. The topological polar surface area (TPSA) is 66.3 Å². The lowest BCUT2D eigenvalue weighted by Gasteiger charge is -2.18. The number of hydrogen-bond donors (Lipinski definition) is 1. The van der Waals surface area contributed by atoms with Gasteiger partial charge in [-0.3, -0.25) is 4.79 Å². The highest BCUT2D eigenvalue weighted by molar-refractivity contribution is 5.72. The lowest BCUT2D eigenvalue weighted by Crippen LogP contribution is -2.33. The van der Waals surface area contributed by atoms with Gasteiger partial charge in [0.2, 0.25) is 0 Å². The van der Waals surface area contributed by atoms with Crippen LogP contribution in [0.5, 0.6) is 0 Å². The number of carboxylic acids is 1. The molecule has 0 aliphatic carbocycles. The number of nitrogens with zero attached hydrogens (tertiary/aromatic N) is 3. The van der Waals surface area contributed by atoms with Crippen molar-refractivity contribution in [3.63, 3.8) is 0 Å². The molecule has 0 unspecified atom stereocenters. The van der Waals surface area contributed by atoms with Crippen LogP contribution in [0.4, 0.5) is 32.2 Å². The maximum absolute atomic E-state index is 12.8. The number of anilines is 1. The van der Waals surface area contributed by atoms with E-state index in [0.717, 1.165) is 11.0 Å². The molecule has 0 amide bonds. The molecule has 1 fully saturated rings. The first-order chi connectivity index (χ1) is 10.00. The summed E-state index contributed by atoms with van der Waals surface area (Å²) in [5.74, 6) is -5.67. The standard InChI is InChI=1S/C11H9F6N3O2/c12-10(13,14)6-4-20(3-5(6)9(21)22)8-2-1-7(18-19-8)11(15,16)17/h1-2,5-6H,3-4H2,(H,21,22)/t5-,6-/m1/s1. The van der Waals surface area contributed by atoms with Crippen LogP contribution in [0.1, 0.15) is 5.69 Å². The van der Waals surface area contributed by atoms with Crippen molar-refractivity contribution in [1.82, 2.24) is 10.2 Å².